The first-order valence-electron chi connectivity index (χ1n) is 13.8. The van der Waals surface area contributed by atoms with Gasteiger partial charge in [0.2, 0.25) is 0 Å². The van der Waals surface area contributed by atoms with Gasteiger partial charge in [-0.25, -0.2) is 9.59 Å². The van der Waals surface area contributed by atoms with Crippen molar-refractivity contribution in [3.05, 3.63) is 36.0 Å². The Bertz CT molecular complexity index is 1080. The van der Waals surface area contributed by atoms with Gasteiger partial charge >= 0.3 is 11.9 Å². The lowest BCUT2D eigenvalue weighted by Crippen LogP contribution is -2.67. The molecule has 208 valence electrons. The van der Waals surface area contributed by atoms with Gasteiger partial charge in [-0.2, -0.15) is 0 Å². The molecule has 0 aromatic carbocycles. The number of aliphatic hydroxyl groups excluding tert-OH is 1. The second-order valence-corrected chi connectivity index (χ2v) is 12.1. The van der Waals surface area contributed by atoms with E-state index in [1.165, 1.54) is 11.6 Å². The standard InChI is InChI=1S/C29H38O9/c1-16-9-10-28-14-33-26(32)25(31)17(2)12-24-35-18(3)19(36-24)7-5-6-8-23(30)38-20-13-22(37-21(28)11-16)29(15-34-29)27(20,28)4/h5-8,11,17-22,24-25,31H,9-10,12-15H2,1-4H3. The van der Waals surface area contributed by atoms with E-state index in [-0.39, 0.29) is 31.0 Å². The number of allylic oxidation sites excluding steroid dienone is 3. The van der Waals surface area contributed by atoms with Crippen LogP contribution in [-0.4, -0.2) is 78.8 Å². The fourth-order valence-electron chi connectivity index (χ4n) is 7.52. The molecule has 2 aliphatic carbocycles. The maximum absolute atomic E-state index is 13.2. The largest absolute Gasteiger partial charge is 0.463 e. The Balaban J connectivity index is 1.36. The van der Waals surface area contributed by atoms with Crippen LogP contribution in [0.4, 0.5) is 0 Å². The Labute approximate surface area is 223 Å². The summed E-state index contributed by atoms with van der Waals surface area (Å²) in [5.74, 6) is -1.58. The van der Waals surface area contributed by atoms with Gasteiger partial charge in [-0.05, 0) is 32.6 Å². The smallest absolute Gasteiger partial charge is 0.335 e. The molecule has 0 aromatic rings. The predicted octanol–water partition coefficient (Wildman–Crippen LogP) is 2.76. The van der Waals surface area contributed by atoms with Gasteiger partial charge in [0, 0.05) is 24.3 Å². The Kier molecular flexibility index (Phi) is 6.39. The van der Waals surface area contributed by atoms with Gasteiger partial charge in [-0.15, -0.1) is 0 Å². The van der Waals surface area contributed by atoms with Crippen molar-refractivity contribution in [3.63, 3.8) is 0 Å². The SMILES string of the molecule is CC1=CC2OC3CC4OC(=O)C=CC=CC5OC(CC(C)C(O)C(=O)OCC2(CC1)C4(C)C31CO1)OC5C. The van der Waals surface area contributed by atoms with Gasteiger partial charge < -0.3 is 33.5 Å². The Hall–Kier alpha value is -2.04. The Morgan fingerprint density at radius 1 is 1.03 bits per heavy atom. The average Bonchev–Trinajstić information content (AvgIpc) is 3.58. The van der Waals surface area contributed by atoms with E-state index in [1.54, 1.807) is 19.1 Å². The van der Waals surface area contributed by atoms with Crippen LogP contribution in [0.5, 0.6) is 0 Å². The molecule has 9 heteroatoms. The number of fused-ring (bicyclic) bond motifs is 2. The van der Waals surface area contributed by atoms with Crippen LogP contribution in [0, 0.1) is 16.7 Å². The van der Waals surface area contributed by atoms with Crippen molar-refractivity contribution in [2.24, 2.45) is 16.7 Å². The lowest BCUT2D eigenvalue weighted by Gasteiger charge is -2.58. The van der Waals surface area contributed by atoms with Crippen molar-refractivity contribution >= 4 is 11.9 Å². The van der Waals surface area contributed by atoms with Crippen molar-refractivity contribution in [1.82, 2.24) is 0 Å². The first-order chi connectivity index (χ1) is 18.1. The van der Waals surface area contributed by atoms with Crippen molar-refractivity contribution in [2.45, 2.75) is 102 Å². The summed E-state index contributed by atoms with van der Waals surface area (Å²) in [7, 11) is 0. The number of aliphatic hydroxyl groups is 1. The molecule has 4 aliphatic heterocycles. The van der Waals surface area contributed by atoms with E-state index in [9.17, 15) is 14.7 Å². The highest BCUT2D eigenvalue weighted by Crippen LogP contribution is 2.72. The minimum atomic E-state index is -1.34. The summed E-state index contributed by atoms with van der Waals surface area (Å²) < 4.78 is 36.6. The maximum Gasteiger partial charge on any atom is 0.335 e. The molecule has 11 unspecified atom stereocenters. The number of hydrogen-bond acceptors (Lipinski definition) is 9. The highest BCUT2D eigenvalue weighted by Gasteiger charge is 2.83. The molecular formula is C29H38O9. The van der Waals surface area contributed by atoms with Crippen LogP contribution in [0.3, 0.4) is 0 Å². The number of ether oxygens (including phenoxy) is 6. The van der Waals surface area contributed by atoms with Gasteiger partial charge in [0.25, 0.3) is 0 Å². The van der Waals surface area contributed by atoms with Crippen molar-refractivity contribution in [2.75, 3.05) is 13.2 Å². The van der Waals surface area contributed by atoms with Crippen LogP contribution in [-0.2, 0) is 38.0 Å². The molecule has 0 aromatic heterocycles. The van der Waals surface area contributed by atoms with Gasteiger partial charge in [0.05, 0.1) is 30.3 Å². The highest BCUT2D eigenvalue weighted by atomic mass is 16.7. The number of hydrogen-bond donors (Lipinski definition) is 1. The molecule has 4 bridgehead atoms. The zero-order chi connectivity index (χ0) is 26.9. The number of carbonyl (C=O) groups excluding carboxylic acids is 2. The lowest BCUT2D eigenvalue weighted by molar-refractivity contribution is -0.234. The molecule has 3 saturated heterocycles. The third-order valence-electron chi connectivity index (χ3n) is 10.1. The zero-order valence-corrected chi connectivity index (χ0v) is 22.5. The van der Waals surface area contributed by atoms with Crippen LogP contribution in [0.1, 0.15) is 53.4 Å². The number of rotatable bonds is 0. The lowest BCUT2D eigenvalue weighted by atomic mass is 9.51. The van der Waals surface area contributed by atoms with E-state index in [0.717, 1.165) is 6.42 Å². The third-order valence-corrected chi connectivity index (χ3v) is 10.1. The second kappa shape index (κ2) is 9.27. The predicted molar refractivity (Wildman–Crippen MR) is 134 cm³/mol. The molecule has 11 atom stereocenters. The van der Waals surface area contributed by atoms with Crippen molar-refractivity contribution in [1.29, 1.82) is 0 Å². The van der Waals surface area contributed by atoms with Crippen LogP contribution in [0.2, 0.25) is 0 Å². The molecule has 6 aliphatic rings. The molecule has 1 N–H and O–H groups in total. The van der Waals surface area contributed by atoms with Gasteiger partial charge in [0.1, 0.15) is 24.4 Å². The van der Waals surface area contributed by atoms with Gasteiger partial charge in [0.15, 0.2) is 12.4 Å². The summed E-state index contributed by atoms with van der Waals surface area (Å²) in [5, 5.41) is 10.9. The van der Waals surface area contributed by atoms with Crippen LogP contribution in [0.15, 0.2) is 36.0 Å². The molecule has 6 rings (SSSR count). The summed E-state index contributed by atoms with van der Waals surface area (Å²) in [5.41, 5.74) is -0.721. The minimum Gasteiger partial charge on any atom is -0.463 e. The monoisotopic (exact) mass is 530 g/mol. The molecule has 0 radical (unpaired) electrons. The minimum absolute atomic E-state index is 0.0283. The summed E-state index contributed by atoms with van der Waals surface area (Å²) >= 11 is 0. The summed E-state index contributed by atoms with van der Waals surface area (Å²) in [6, 6.07) is 0. The highest BCUT2D eigenvalue weighted by molar-refractivity contribution is 5.82. The average molecular weight is 531 g/mol. The van der Waals surface area contributed by atoms with Crippen molar-refractivity contribution < 1.29 is 43.1 Å². The first kappa shape index (κ1) is 26.2. The summed E-state index contributed by atoms with van der Waals surface area (Å²) in [6.45, 7) is 8.40. The molecule has 4 fully saturated rings. The van der Waals surface area contributed by atoms with Crippen molar-refractivity contribution in [3.8, 4) is 0 Å². The van der Waals surface area contributed by atoms with E-state index < -0.39 is 52.8 Å². The summed E-state index contributed by atoms with van der Waals surface area (Å²) in [6.07, 6.45) is 7.64. The van der Waals surface area contributed by atoms with Crippen LogP contribution in [0.25, 0.3) is 0 Å². The molecule has 2 spiro atoms. The fourth-order valence-corrected chi connectivity index (χ4v) is 7.52. The fraction of sp³-hybridized carbons (Fsp3) is 0.724. The van der Waals surface area contributed by atoms with Gasteiger partial charge in [-0.3, -0.25) is 0 Å². The zero-order valence-electron chi connectivity index (χ0n) is 22.5. The van der Waals surface area contributed by atoms with E-state index in [1.807, 2.05) is 13.0 Å². The molecule has 4 heterocycles. The molecule has 0 amide bonds. The first-order valence-corrected chi connectivity index (χ1v) is 13.8. The van der Waals surface area contributed by atoms with Crippen LogP contribution >= 0.6 is 0 Å². The topological polar surface area (TPSA) is 113 Å². The van der Waals surface area contributed by atoms with E-state index in [0.29, 0.717) is 25.9 Å². The number of epoxide rings is 1. The van der Waals surface area contributed by atoms with E-state index in [2.05, 4.69) is 19.9 Å². The molecule has 38 heavy (non-hydrogen) atoms. The molecule has 9 nitrogen and oxygen atoms in total. The molecular weight excluding hydrogens is 492 g/mol. The number of esters is 2. The molecule has 1 saturated carbocycles. The normalized spacial score (nSPS) is 50.5. The third kappa shape index (κ3) is 3.84. The summed E-state index contributed by atoms with van der Waals surface area (Å²) in [4.78, 5) is 26.2. The van der Waals surface area contributed by atoms with E-state index in [4.69, 9.17) is 28.4 Å². The maximum atomic E-state index is 13.2. The van der Waals surface area contributed by atoms with Gasteiger partial charge in [-0.1, -0.05) is 43.7 Å². The Morgan fingerprint density at radius 3 is 2.58 bits per heavy atom. The Morgan fingerprint density at radius 2 is 1.82 bits per heavy atom. The quantitative estimate of drug-likeness (QED) is 0.287. The number of cyclic esters (lactones) is 1. The van der Waals surface area contributed by atoms with E-state index >= 15 is 0 Å². The van der Waals surface area contributed by atoms with Crippen LogP contribution < -0.4 is 0 Å². The second-order valence-electron chi connectivity index (χ2n) is 12.1. The number of carbonyl (C=O) groups is 2.